The van der Waals surface area contributed by atoms with E-state index in [4.69, 9.17) is 20.3 Å². The van der Waals surface area contributed by atoms with Crippen LogP contribution < -0.4 is 11.1 Å². The first-order valence-electron chi connectivity index (χ1n) is 5.69. The van der Waals surface area contributed by atoms with Gasteiger partial charge < -0.3 is 25.6 Å². The van der Waals surface area contributed by atoms with Gasteiger partial charge in [-0.1, -0.05) is 0 Å². The van der Waals surface area contributed by atoms with Gasteiger partial charge >= 0.3 is 5.97 Å². The first-order chi connectivity index (χ1) is 9.06. The normalized spacial score (nSPS) is 10.4. The number of nitrogen functional groups attached to an aromatic ring is 1. The van der Waals surface area contributed by atoms with E-state index in [-0.39, 0.29) is 11.3 Å². The van der Waals surface area contributed by atoms with Crippen molar-refractivity contribution < 1.29 is 19.4 Å². The zero-order chi connectivity index (χ0) is 14.3. The molecule has 106 valence electrons. The molecule has 0 aliphatic heterocycles. The largest absolute Gasteiger partial charge is 0.478 e. The van der Waals surface area contributed by atoms with Gasteiger partial charge in [0.25, 0.3) is 0 Å². The molecular weight excluding hydrogens is 316 g/mol. The molecule has 0 atom stereocenters. The zero-order valence-electron chi connectivity index (χ0n) is 10.6. The number of nitrogens with one attached hydrogen (secondary N) is 1. The van der Waals surface area contributed by atoms with Crippen molar-refractivity contribution in [1.82, 2.24) is 0 Å². The summed E-state index contributed by atoms with van der Waals surface area (Å²) in [5.74, 6) is -1.05. The number of carbonyl (C=O) groups is 1. The third-order valence-electron chi connectivity index (χ3n) is 2.36. The maximum Gasteiger partial charge on any atom is 0.337 e. The van der Waals surface area contributed by atoms with Crippen molar-refractivity contribution in [1.29, 1.82) is 0 Å². The van der Waals surface area contributed by atoms with Gasteiger partial charge in [-0.25, -0.2) is 4.79 Å². The fraction of sp³-hybridized carbons (Fsp3) is 0.417. The van der Waals surface area contributed by atoms with Gasteiger partial charge in [-0.05, 0) is 28.1 Å². The van der Waals surface area contributed by atoms with Gasteiger partial charge in [-0.3, -0.25) is 0 Å². The summed E-state index contributed by atoms with van der Waals surface area (Å²) in [6.45, 7) is 2.14. The number of anilines is 2. The van der Waals surface area contributed by atoms with Crippen LogP contribution in [0.3, 0.4) is 0 Å². The Morgan fingerprint density at radius 1 is 1.42 bits per heavy atom. The third kappa shape index (κ3) is 5.06. The first-order valence-corrected chi connectivity index (χ1v) is 6.48. The molecule has 0 aromatic heterocycles. The Hall–Kier alpha value is -1.31. The Balaban J connectivity index is 2.53. The lowest BCUT2D eigenvalue weighted by Crippen LogP contribution is -2.13. The molecule has 6 nitrogen and oxygen atoms in total. The van der Waals surface area contributed by atoms with Gasteiger partial charge in [0.1, 0.15) is 0 Å². The van der Waals surface area contributed by atoms with Crippen molar-refractivity contribution >= 4 is 33.3 Å². The molecule has 0 radical (unpaired) electrons. The van der Waals surface area contributed by atoms with Gasteiger partial charge in [-0.15, -0.1) is 0 Å². The quantitative estimate of drug-likeness (QED) is 0.496. The van der Waals surface area contributed by atoms with E-state index in [2.05, 4.69) is 21.2 Å². The summed E-state index contributed by atoms with van der Waals surface area (Å²) in [5.41, 5.74) is 6.59. The molecule has 0 unspecified atom stereocenters. The average molecular weight is 333 g/mol. The number of benzene rings is 1. The molecule has 0 heterocycles. The van der Waals surface area contributed by atoms with Crippen LogP contribution in [-0.2, 0) is 9.47 Å². The highest BCUT2D eigenvalue weighted by molar-refractivity contribution is 9.10. The molecule has 1 aromatic carbocycles. The molecule has 1 aromatic rings. The fourth-order valence-electron chi connectivity index (χ4n) is 1.41. The third-order valence-corrected chi connectivity index (χ3v) is 3.02. The number of carboxylic acids is 1. The van der Waals surface area contributed by atoms with E-state index in [1.165, 1.54) is 6.07 Å². The van der Waals surface area contributed by atoms with Crippen LogP contribution in [0, 0.1) is 0 Å². The molecule has 1 rings (SSSR count). The summed E-state index contributed by atoms with van der Waals surface area (Å²) in [6.07, 6.45) is 0. The summed E-state index contributed by atoms with van der Waals surface area (Å²) >= 11 is 3.33. The number of rotatable bonds is 8. The van der Waals surface area contributed by atoms with Gasteiger partial charge in [-0.2, -0.15) is 0 Å². The molecule has 19 heavy (non-hydrogen) atoms. The summed E-state index contributed by atoms with van der Waals surface area (Å²) in [5, 5.41) is 12.1. The smallest absolute Gasteiger partial charge is 0.337 e. The summed E-state index contributed by atoms with van der Waals surface area (Å²) in [6, 6.07) is 3.06. The summed E-state index contributed by atoms with van der Waals surface area (Å²) in [4.78, 5) is 11.0. The van der Waals surface area contributed by atoms with Crippen LogP contribution in [0.15, 0.2) is 16.6 Å². The number of carboxylic acid groups (broad SMARTS) is 1. The van der Waals surface area contributed by atoms with E-state index in [0.29, 0.717) is 36.5 Å². The van der Waals surface area contributed by atoms with E-state index in [1.54, 1.807) is 13.2 Å². The zero-order valence-corrected chi connectivity index (χ0v) is 12.2. The predicted octanol–water partition coefficient (Wildman–Crippen LogP) is 1.80. The number of aromatic carboxylic acids is 1. The molecule has 0 aliphatic rings. The van der Waals surface area contributed by atoms with Gasteiger partial charge in [0.2, 0.25) is 0 Å². The predicted molar refractivity (Wildman–Crippen MR) is 76.7 cm³/mol. The van der Waals surface area contributed by atoms with Crippen molar-refractivity contribution in [3.05, 3.63) is 22.2 Å². The summed E-state index contributed by atoms with van der Waals surface area (Å²) in [7, 11) is 1.61. The van der Waals surface area contributed by atoms with Crippen LogP contribution in [0.5, 0.6) is 0 Å². The number of halogens is 1. The van der Waals surface area contributed by atoms with Gasteiger partial charge in [0.05, 0.1) is 25.4 Å². The molecule has 4 N–H and O–H groups in total. The van der Waals surface area contributed by atoms with Crippen molar-refractivity contribution in [3.63, 3.8) is 0 Å². The monoisotopic (exact) mass is 332 g/mol. The van der Waals surface area contributed by atoms with Crippen LogP contribution in [0.1, 0.15) is 10.4 Å². The van der Waals surface area contributed by atoms with E-state index < -0.39 is 5.97 Å². The molecule has 0 saturated heterocycles. The summed E-state index contributed by atoms with van der Waals surface area (Å²) < 4.78 is 10.9. The second-order valence-corrected chi connectivity index (χ2v) is 4.61. The molecular formula is C12H17BrN2O4. The average Bonchev–Trinajstić information content (AvgIpc) is 2.35. The van der Waals surface area contributed by atoms with E-state index in [0.717, 1.165) is 0 Å². The van der Waals surface area contributed by atoms with Crippen LogP contribution in [0.4, 0.5) is 11.4 Å². The van der Waals surface area contributed by atoms with E-state index >= 15 is 0 Å². The maximum atomic E-state index is 11.0. The van der Waals surface area contributed by atoms with E-state index in [1.807, 2.05) is 0 Å². The Bertz CT molecular complexity index is 440. The minimum absolute atomic E-state index is 0.0750. The van der Waals surface area contributed by atoms with Crippen molar-refractivity contribution in [3.8, 4) is 0 Å². The second-order valence-electron chi connectivity index (χ2n) is 3.76. The van der Waals surface area contributed by atoms with Gasteiger partial charge in [0, 0.05) is 29.5 Å². The standard InChI is InChI=1S/C12H17BrN2O4/c1-18-4-5-19-3-2-15-11-6-8(12(16)17)10(14)7-9(11)13/h6-7,15H,2-5,14H2,1H3,(H,16,17). The highest BCUT2D eigenvalue weighted by Gasteiger charge is 2.11. The van der Waals surface area contributed by atoms with Crippen molar-refractivity contribution in [2.24, 2.45) is 0 Å². The molecule has 0 saturated carbocycles. The Kier molecular flexibility index (Phi) is 6.61. The van der Waals surface area contributed by atoms with Crippen molar-refractivity contribution in [2.75, 3.05) is 44.5 Å². The van der Waals surface area contributed by atoms with Crippen LogP contribution in [-0.4, -0.2) is 44.6 Å². The van der Waals surface area contributed by atoms with Crippen LogP contribution >= 0.6 is 15.9 Å². The lowest BCUT2D eigenvalue weighted by Gasteiger charge is -2.11. The SMILES string of the molecule is COCCOCCNc1cc(C(=O)O)c(N)cc1Br. The number of ether oxygens (including phenoxy) is 2. The van der Waals surface area contributed by atoms with Crippen molar-refractivity contribution in [2.45, 2.75) is 0 Å². The first kappa shape index (κ1) is 15.7. The second kappa shape index (κ2) is 7.98. The minimum Gasteiger partial charge on any atom is -0.478 e. The van der Waals surface area contributed by atoms with Gasteiger partial charge in [0.15, 0.2) is 0 Å². The number of nitrogens with two attached hydrogens (primary N) is 1. The molecule has 0 spiro atoms. The lowest BCUT2D eigenvalue weighted by atomic mass is 10.1. The highest BCUT2D eigenvalue weighted by Crippen LogP contribution is 2.28. The molecule has 0 amide bonds. The van der Waals surface area contributed by atoms with Crippen LogP contribution in [0.2, 0.25) is 0 Å². The molecule has 0 bridgehead atoms. The molecule has 0 fully saturated rings. The van der Waals surface area contributed by atoms with E-state index in [9.17, 15) is 4.79 Å². The number of hydrogen-bond acceptors (Lipinski definition) is 5. The Morgan fingerprint density at radius 3 is 2.79 bits per heavy atom. The molecule has 7 heteroatoms. The number of methoxy groups -OCH3 is 1. The minimum atomic E-state index is -1.05. The highest BCUT2D eigenvalue weighted by atomic mass is 79.9. The topological polar surface area (TPSA) is 93.8 Å². The molecule has 0 aliphatic carbocycles. The number of hydrogen-bond donors (Lipinski definition) is 3. The Labute approximate surface area is 120 Å². The lowest BCUT2D eigenvalue weighted by molar-refractivity contribution is 0.0698. The maximum absolute atomic E-state index is 11.0. The van der Waals surface area contributed by atoms with Crippen LogP contribution in [0.25, 0.3) is 0 Å². The fourth-order valence-corrected chi connectivity index (χ4v) is 1.91. The Morgan fingerprint density at radius 2 is 2.16 bits per heavy atom.